The lowest BCUT2D eigenvalue weighted by molar-refractivity contribution is -0.142. The van der Waals surface area contributed by atoms with E-state index in [4.69, 9.17) is 0 Å². The van der Waals surface area contributed by atoms with Crippen molar-refractivity contribution < 1.29 is 9.90 Å². The van der Waals surface area contributed by atoms with Gasteiger partial charge in [0.2, 0.25) is 0 Å². The highest BCUT2D eigenvalue weighted by Crippen LogP contribution is 2.42. The molecule has 0 aliphatic carbocycles. The highest BCUT2D eigenvalue weighted by atomic mass is 16.4. The average molecular weight is 259 g/mol. The monoisotopic (exact) mass is 259 g/mol. The molecule has 2 saturated heterocycles. The molecular formula is C16H21NO2. The Kier molecular flexibility index (Phi) is 3.00. The molecule has 3 rings (SSSR count). The largest absolute Gasteiger partial charge is 0.481 e. The molecule has 0 aromatic heterocycles. The predicted molar refractivity (Wildman–Crippen MR) is 75.6 cm³/mol. The summed E-state index contributed by atoms with van der Waals surface area (Å²) in [7, 11) is 0. The van der Waals surface area contributed by atoms with E-state index in [2.05, 4.69) is 36.9 Å². The molecule has 3 heteroatoms. The standard InChI is InChI=1S/C16H21NO2/c1-10-3-4-11(2)15(7-10)17-13-5-6-14(17)9-12(8-13)16(18)19/h3-4,7,12-14H,5-6,8-9H2,1-2H3,(H,18,19). The van der Waals surface area contributed by atoms with E-state index >= 15 is 0 Å². The van der Waals surface area contributed by atoms with Gasteiger partial charge in [-0.15, -0.1) is 0 Å². The SMILES string of the molecule is Cc1ccc(C)c(N2C3CCC2CC(C(=O)O)C3)c1. The Hall–Kier alpha value is -1.51. The van der Waals surface area contributed by atoms with Crippen LogP contribution < -0.4 is 4.90 Å². The molecule has 2 heterocycles. The fourth-order valence-corrected chi connectivity index (χ4v) is 3.77. The van der Waals surface area contributed by atoms with Gasteiger partial charge in [-0.1, -0.05) is 12.1 Å². The molecule has 1 aromatic carbocycles. The number of carbonyl (C=O) groups is 1. The van der Waals surface area contributed by atoms with Crippen molar-refractivity contribution in [3.8, 4) is 0 Å². The van der Waals surface area contributed by atoms with Gasteiger partial charge in [0.05, 0.1) is 5.92 Å². The van der Waals surface area contributed by atoms with Crippen LogP contribution in [-0.2, 0) is 4.79 Å². The Morgan fingerprint density at radius 1 is 1.21 bits per heavy atom. The fraction of sp³-hybridized carbons (Fsp3) is 0.562. The van der Waals surface area contributed by atoms with Crippen LogP contribution in [0.15, 0.2) is 18.2 Å². The molecule has 2 bridgehead atoms. The molecule has 102 valence electrons. The molecular weight excluding hydrogens is 238 g/mol. The number of hydrogen-bond acceptors (Lipinski definition) is 2. The zero-order chi connectivity index (χ0) is 13.6. The van der Waals surface area contributed by atoms with Gasteiger partial charge < -0.3 is 10.0 Å². The van der Waals surface area contributed by atoms with Gasteiger partial charge in [0.25, 0.3) is 0 Å². The van der Waals surface area contributed by atoms with Gasteiger partial charge in [0.1, 0.15) is 0 Å². The molecule has 0 radical (unpaired) electrons. The van der Waals surface area contributed by atoms with Crippen molar-refractivity contribution in [1.29, 1.82) is 0 Å². The van der Waals surface area contributed by atoms with Crippen LogP contribution in [0.3, 0.4) is 0 Å². The smallest absolute Gasteiger partial charge is 0.306 e. The van der Waals surface area contributed by atoms with Gasteiger partial charge in [-0.05, 0) is 56.7 Å². The first-order valence-corrected chi connectivity index (χ1v) is 7.14. The first-order valence-electron chi connectivity index (χ1n) is 7.14. The minimum absolute atomic E-state index is 0.140. The van der Waals surface area contributed by atoms with Gasteiger partial charge in [-0.2, -0.15) is 0 Å². The maximum absolute atomic E-state index is 11.2. The van der Waals surface area contributed by atoms with Crippen LogP contribution in [0, 0.1) is 19.8 Å². The van der Waals surface area contributed by atoms with Crippen LogP contribution in [-0.4, -0.2) is 23.2 Å². The van der Waals surface area contributed by atoms with Crippen LogP contribution in [0.5, 0.6) is 0 Å². The molecule has 2 aliphatic rings. The summed E-state index contributed by atoms with van der Waals surface area (Å²) in [5, 5.41) is 9.24. The number of rotatable bonds is 2. The maximum atomic E-state index is 11.2. The lowest BCUT2D eigenvalue weighted by Crippen LogP contribution is -2.45. The second-order valence-corrected chi connectivity index (χ2v) is 6.09. The first-order chi connectivity index (χ1) is 9.06. The number of carboxylic acid groups (broad SMARTS) is 1. The Balaban J connectivity index is 1.91. The van der Waals surface area contributed by atoms with Crippen LogP contribution in [0.25, 0.3) is 0 Å². The van der Waals surface area contributed by atoms with Crippen molar-refractivity contribution in [2.24, 2.45) is 5.92 Å². The van der Waals surface area contributed by atoms with Crippen molar-refractivity contribution in [1.82, 2.24) is 0 Å². The molecule has 2 aliphatic heterocycles. The third-order valence-electron chi connectivity index (χ3n) is 4.73. The molecule has 1 aromatic rings. The molecule has 3 nitrogen and oxygen atoms in total. The summed E-state index contributed by atoms with van der Waals surface area (Å²) in [6.45, 7) is 4.27. The van der Waals surface area contributed by atoms with E-state index in [9.17, 15) is 9.90 Å². The molecule has 0 spiro atoms. The lowest BCUT2D eigenvalue weighted by Gasteiger charge is -2.40. The normalized spacial score (nSPS) is 29.6. The highest BCUT2D eigenvalue weighted by molar-refractivity contribution is 5.71. The Labute approximate surface area is 114 Å². The van der Waals surface area contributed by atoms with E-state index in [1.54, 1.807) is 0 Å². The summed E-state index contributed by atoms with van der Waals surface area (Å²) >= 11 is 0. The predicted octanol–water partition coefficient (Wildman–Crippen LogP) is 3.14. The van der Waals surface area contributed by atoms with Gasteiger partial charge in [0.15, 0.2) is 0 Å². The lowest BCUT2D eigenvalue weighted by atomic mass is 9.90. The molecule has 2 atom stereocenters. The second-order valence-electron chi connectivity index (χ2n) is 6.09. The number of carboxylic acids is 1. The van der Waals surface area contributed by atoms with Crippen molar-refractivity contribution in [3.63, 3.8) is 0 Å². The van der Waals surface area contributed by atoms with Gasteiger partial charge in [-0.3, -0.25) is 4.79 Å². The van der Waals surface area contributed by atoms with Crippen molar-refractivity contribution in [3.05, 3.63) is 29.3 Å². The number of aliphatic carboxylic acids is 1. The number of anilines is 1. The van der Waals surface area contributed by atoms with E-state index in [0.717, 1.165) is 25.7 Å². The number of benzene rings is 1. The summed E-state index contributed by atoms with van der Waals surface area (Å²) in [6, 6.07) is 7.40. The second kappa shape index (κ2) is 4.55. The van der Waals surface area contributed by atoms with E-state index in [1.165, 1.54) is 16.8 Å². The van der Waals surface area contributed by atoms with Crippen molar-refractivity contribution in [2.75, 3.05) is 4.90 Å². The molecule has 19 heavy (non-hydrogen) atoms. The maximum Gasteiger partial charge on any atom is 0.306 e. The zero-order valence-electron chi connectivity index (χ0n) is 11.6. The Morgan fingerprint density at radius 2 is 1.84 bits per heavy atom. The van der Waals surface area contributed by atoms with E-state index < -0.39 is 5.97 Å². The third-order valence-corrected chi connectivity index (χ3v) is 4.73. The summed E-state index contributed by atoms with van der Waals surface area (Å²) in [5.74, 6) is -0.753. The van der Waals surface area contributed by atoms with Crippen molar-refractivity contribution in [2.45, 2.75) is 51.6 Å². The number of hydrogen-bond donors (Lipinski definition) is 1. The number of aryl methyl sites for hydroxylation is 2. The summed E-state index contributed by atoms with van der Waals surface area (Å²) in [4.78, 5) is 13.7. The van der Waals surface area contributed by atoms with Gasteiger partial charge in [-0.25, -0.2) is 0 Å². The van der Waals surface area contributed by atoms with Gasteiger partial charge in [0, 0.05) is 17.8 Å². The first kappa shape index (κ1) is 12.5. The summed E-state index contributed by atoms with van der Waals surface area (Å²) in [5.41, 5.74) is 3.90. The van der Waals surface area contributed by atoms with Crippen LogP contribution >= 0.6 is 0 Å². The van der Waals surface area contributed by atoms with Crippen LogP contribution in [0.4, 0.5) is 5.69 Å². The summed E-state index contributed by atoms with van der Waals surface area (Å²) < 4.78 is 0. The Morgan fingerprint density at radius 3 is 2.42 bits per heavy atom. The average Bonchev–Trinajstić information content (AvgIpc) is 2.62. The molecule has 1 N–H and O–H groups in total. The minimum Gasteiger partial charge on any atom is -0.481 e. The van der Waals surface area contributed by atoms with Crippen LogP contribution in [0.1, 0.15) is 36.8 Å². The zero-order valence-corrected chi connectivity index (χ0v) is 11.6. The number of fused-ring (bicyclic) bond motifs is 2. The fourth-order valence-electron chi connectivity index (χ4n) is 3.77. The molecule has 0 amide bonds. The molecule has 2 fully saturated rings. The summed E-state index contributed by atoms with van der Waals surface area (Å²) in [6.07, 6.45) is 3.89. The molecule has 0 saturated carbocycles. The molecule has 2 unspecified atom stereocenters. The van der Waals surface area contributed by atoms with Crippen LogP contribution in [0.2, 0.25) is 0 Å². The topological polar surface area (TPSA) is 40.5 Å². The quantitative estimate of drug-likeness (QED) is 0.887. The Bertz CT molecular complexity index is 497. The highest BCUT2D eigenvalue weighted by Gasteiger charge is 2.43. The van der Waals surface area contributed by atoms with E-state index in [0.29, 0.717) is 12.1 Å². The van der Waals surface area contributed by atoms with Crippen molar-refractivity contribution >= 4 is 11.7 Å². The van der Waals surface area contributed by atoms with E-state index in [1.807, 2.05) is 0 Å². The third kappa shape index (κ3) is 2.11. The van der Waals surface area contributed by atoms with Gasteiger partial charge >= 0.3 is 5.97 Å². The van der Waals surface area contributed by atoms with E-state index in [-0.39, 0.29) is 5.92 Å². The number of piperidine rings is 1. The minimum atomic E-state index is -0.613. The number of nitrogens with zero attached hydrogens (tertiary/aromatic N) is 1.